The number of hydrogen-bond acceptors (Lipinski definition) is 1. The molecule has 0 heterocycles. The number of benzene rings is 1. The zero-order valence-electron chi connectivity index (χ0n) is 7.53. The van der Waals surface area contributed by atoms with Gasteiger partial charge in [-0.05, 0) is 40.3 Å². The minimum absolute atomic E-state index is 0.0405. The van der Waals surface area contributed by atoms with Crippen molar-refractivity contribution < 1.29 is 17.6 Å². The lowest BCUT2D eigenvalue weighted by atomic mass is 10.2. The Bertz CT molecular complexity index is 433. The van der Waals surface area contributed by atoms with E-state index in [1.165, 1.54) is 0 Å². The van der Waals surface area contributed by atoms with E-state index >= 15 is 0 Å². The largest absolute Gasteiger partial charge is 0.419 e. The zero-order chi connectivity index (χ0) is 12.5. The summed E-state index contributed by atoms with van der Waals surface area (Å²) < 4.78 is 50.2. The van der Waals surface area contributed by atoms with E-state index < -0.39 is 17.6 Å². The molecule has 0 aliphatic carbocycles. The molecule has 0 saturated carbocycles. The summed E-state index contributed by atoms with van der Waals surface area (Å²) in [5, 5.41) is 2.10. The van der Waals surface area contributed by atoms with Gasteiger partial charge in [0.15, 0.2) is 5.11 Å². The van der Waals surface area contributed by atoms with Gasteiger partial charge in [-0.3, -0.25) is 0 Å². The molecule has 0 fully saturated rings. The Kier molecular flexibility index (Phi) is 3.74. The van der Waals surface area contributed by atoms with Gasteiger partial charge in [0.1, 0.15) is 5.82 Å². The Morgan fingerprint density at radius 3 is 2.38 bits per heavy atom. The monoisotopic (exact) mass is 316 g/mol. The fourth-order valence-corrected chi connectivity index (χ4v) is 1.52. The minimum Gasteiger partial charge on any atom is -0.376 e. The van der Waals surface area contributed by atoms with Crippen LogP contribution in [0, 0.1) is 5.82 Å². The summed E-state index contributed by atoms with van der Waals surface area (Å²) in [6, 6.07) is 1.29. The number of hydrogen-bond donors (Lipinski definition) is 2. The van der Waals surface area contributed by atoms with Crippen LogP contribution in [0.3, 0.4) is 0 Å². The van der Waals surface area contributed by atoms with Crippen LogP contribution in [-0.2, 0) is 6.18 Å². The molecular formula is C8H5BrF4N2S. The number of rotatable bonds is 1. The van der Waals surface area contributed by atoms with E-state index in [9.17, 15) is 17.6 Å². The molecule has 0 atom stereocenters. The fourth-order valence-electron chi connectivity index (χ4n) is 0.995. The molecule has 0 bridgehead atoms. The first-order valence-electron chi connectivity index (χ1n) is 3.84. The molecule has 2 nitrogen and oxygen atoms in total. The lowest BCUT2D eigenvalue weighted by molar-refractivity contribution is -0.139. The molecular weight excluding hydrogens is 312 g/mol. The Morgan fingerprint density at radius 1 is 1.38 bits per heavy atom. The molecule has 0 radical (unpaired) electrons. The summed E-state index contributed by atoms with van der Waals surface area (Å²) in [6.07, 6.45) is -4.77. The summed E-state index contributed by atoms with van der Waals surface area (Å²) in [5.74, 6) is -1.37. The Labute approximate surface area is 102 Å². The van der Waals surface area contributed by atoms with E-state index in [0.29, 0.717) is 12.1 Å². The molecule has 0 saturated heterocycles. The SMILES string of the molecule is NC(=S)Nc1cc(C(F)(F)F)c(F)cc1Br. The maximum absolute atomic E-state index is 13.0. The van der Waals surface area contributed by atoms with Crippen LogP contribution in [0.4, 0.5) is 23.2 Å². The third kappa shape index (κ3) is 3.05. The lowest BCUT2D eigenvalue weighted by Crippen LogP contribution is -2.20. The molecule has 0 spiro atoms. The van der Waals surface area contributed by atoms with E-state index in [1.54, 1.807) is 0 Å². The van der Waals surface area contributed by atoms with Crippen LogP contribution in [0.25, 0.3) is 0 Å². The van der Waals surface area contributed by atoms with Crippen LogP contribution in [0.1, 0.15) is 5.56 Å². The van der Waals surface area contributed by atoms with E-state index in [0.717, 1.165) is 0 Å². The molecule has 0 aliphatic heterocycles. The van der Waals surface area contributed by atoms with Gasteiger partial charge in [0.05, 0.1) is 11.3 Å². The molecule has 3 N–H and O–H groups in total. The minimum atomic E-state index is -4.77. The zero-order valence-corrected chi connectivity index (χ0v) is 9.93. The number of anilines is 1. The Morgan fingerprint density at radius 2 is 1.94 bits per heavy atom. The molecule has 16 heavy (non-hydrogen) atoms. The van der Waals surface area contributed by atoms with Crippen LogP contribution in [0.2, 0.25) is 0 Å². The van der Waals surface area contributed by atoms with Crippen molar-refractivity contribution in [2.24, 2.45) is 5.73 Å². The number of alkyl halides is 3. The first-order valence-corrected chi connectivity index (χ1v) is 5.04. The predicted octanol–water partition coefficient (Wildman–Crippen LogP) is 3.26. The second-order valence-electron chi connectivity index (χ2n) is 2.80. The molecule has 1 aromatic carbocycles. The molecule has 0 aromatic heterocycles. The lowest BCUT2D eigenvalue weighted by Gasteiger charge is -2.12. The van der Waals surface area contributed by atoms with Crippen molar-refractivity contribution in [3.05, 3.63) is 28.0 Å². The number of nitrogens with two attached hydrogens (primary N) is 1. The van der Waals surface area contributed by atoms with Crippen molar-refractivity contribution in [1.29, 1.82) is 0 Å². The van der Waals surface area contributed by atoms with Gasteiger partial charge in [-0.15, -0.1) is 0 Å². The average molecular weight is 317 g/mol. The Hall–Kier alpha value is -0.890. The van der Waals surface area contributed by atoms with Crippen molar-refractivity contribution in [2.75, 3.05) is 5.32 Å². The van der Waals surface area contributed by atoms with Crippen molar-refractivity contribution in [3.8, 4) is 0 Å². The van der Waals surface area contributed by atoms with Crippen molar-refractivity contribution in [1.82, 2.24) is 0 Å². The molecule has 0 unspecified atom stereocenters. The highest BCUT2D eigenvalue weighted by Gasteiger charge is 2.34. The molecule has 1 aromatic rings. The predicted molar refractivity (Wildman–Crippen MR) is 59.5 cm³/mol. The van der Waals surface area contributed by atoms with Gasteiger partial charge in [0.25, 0.3) is 0 Å². The molecule has 8 heteroatoms. The summed E-state index contributed by atoms with van der Waals surface area (Å²) >= 11 is 7.37. The number of thiocarbonyl (C=S) groups is 1. The fraction of sp³-hybridized carbons (Fsp3) is 0.125. The van der Waals surface area contributed by atoms with E-state index in [-0.39, 0.29) is 15.3 Å². The second-order valence-corrected chi connectivity index (χ2v) is 4.09. The standard InChI is InChI=1S/C8H5BrF4N2S/c9-4-2-5(10)3(8(11,12)13)1-6(4)15-7(14)16/h1-2H,(H3,14,15,16). The van der Waals surface area contributed by atoms with Crippen LogP contribution in [0.5, 0.6) is 0 Å². The number of nitrogens with one attached hydrogen (secondary N) is 1. The van der Waals surface area contributed by atoms with Gasteiger partial charge in [0.2, 0.25) is 0 Å². The topological polar surface area (TPSA) is 38.0 Å². The van der Waals surface area contributed by atoms with Crippen molar-refractivity contribution >= 4 is 38.9 Å². The molecule has 0 amide bonds. The van der Waals surface area contributed by atoms with Crippen LogP contribution >= 0.6 is 28.1 Å². The first-order chi connectivity index (χ1) is 7.21. The van der Waals surface area contributed by atoms with Gasteiger partial charge in [-0.25, -0.2) is 4.39 Å². The van der Waals surface area contributed by atoms with Gasteiger partial charge in [-0.2, -0.15) is 13.2 Å². The summed E-state index contributed by atoms with van der Waals surface area (Å²) in [4.78, 5) is 0. The van der Waals surface area contributed by atoms with Crippen LogP contribution in [-0.4, -0.2) is 5.11 Å². The first kappa shape index (κ1) is 13.2. The smallest absolute Gasteiger partial charge is 0.376 e. The second kappa shape index (κ2) is 4.54. The highest BCUT2D eigenvalue weighted by molar-refractivity contribution is 9.10. The molecule has 0 aliphatic rings. The summed E-state index contributed by atoms with van der Waals surface area (Å²) in [5.41, 5.74) is 3.69. The highest BCUT2D eigenvalue weighted by atomic mass is 79.9. The quantitative estimate of drug-likeness (QED) is 0.617. The van der Waals surface area contributed by atoms with E-state index in [1.807, 2.05) is 0 Å². The van der Waals surface area contributed by atoms with E-state index in [2.05, 4.69) is 33.5 Å². The number of halogens is 5. The maximum Gasteiger partial charge on any atom is 0.419 e. The van der Waals surface area contributed by atoms with E-state index in [4.69, 9.17) is 5.73 Å². The third-order valence-electron chi connectivity index (χ3n) is 1.62. The summed E-state index contributed by atoms with van der Waals surface area (Å²) in [7, 11) is 0. The highest BCUT2D eigenvalue weighted by Crippen LogP contribution is 2.36. The molecule has 1 rings (SSSR count). The van der Waals surface area contributed by atoms with Crippen LogP contribution in [0.15, 0.2) is 16.6 Å². The third-order valence-corrected chi connectivity index (χ3v) is 2.38. The average Bonchev–Trinajstić information content (AvgIpc) is 2.06. The molecule has 88 valence electrons. The van der Waals surface area contributed by atoms with Crippen LogP contribution < -0.4 is 11.1 Å². The van der Waals surface area contributed by atoms with Gasteiger partial charge in [-0.1, -0.05) is 0 Å². The van der Waals surface area contributed by atoms with Gasteiger partial charge < -0.3 is 11.1 Å². The Balaban J connectivity index is 3.27. The normalized spacial score (nSPS) is 11.3. The van der Waals surface area contributed by atoms with Gasteiger partial charge in [0, 0.05) is 4.47 Å². The van der Waals surface area contributed by atoms with Crippen molar-refractivity contribution in [3.63, 3.8) is 0 Å². The summed E-state index contributed by atoms with van der Waals surface area (Å²) in [6.45, 7) is 0. The van der Waals surface area contributed by atoms with Crippen molar-refractivity contribution in [2.45, 2.75) is 6.18 Å². The maximum atomic E-state index is 13.0. The van der Waals surface area contributed by atoms with Gasteiger partial charge >= 0.3 is 6.18 Å².